The van der Waals surface area contributed by atoms with Gasteiger partial charge in [0.1, 0.15) is 0 Å². The average molecular weight is 371 g/mol. The first-order valence-corrected chi connectivity index (χ1v) is 8.77. The minimum atomic E-state index is -0.420. The number of benzene rings is 1. The molecule has 1 amide bonds. The summed E-state index contributed by atoms with van der Waals surface area (Å²) in [6.07, 6.45) is 0. The number of anilines is 1. The Labute approximate surface area is 154 Å². The number of rotatable bonds is 5. The van der Waals surface area contributed by atoms with Crippen molar-refractivity contribution in [2.45, 2.75) is 19.0 Å². The van der Waals surface area contributed by atoms with Crippen molar-refractivity contribution in [2.75, 3.05) is 18.2 Å². The zero-order valence-electron chi connectivity index (χ0n) is 14.5. The first-order chi connectivity index (χ1) is 12.5. The fourth-order valence-electron chi connectivity index (χ4n) is 2.43. The highest BCUT2D eigenvalue weighted by Crippen LogP contribution is 2.19. The summed E-state index contributed by atoms with van der Waals surface area (Å²) in [5.74, 6) is 0.0859. The fraction of sp³-hybridized carbons (Fsp3) is 0.235. The third kappa shape index (κ3) is 3.83. The zero-order valence-corrected chi connectivity index (χ0v) is 15.3. The summed E-state index contributed by atoms with van der Waals surface area (Å²) in [4.78, 5) is 27.9. The van der Waals surface area contributed by atoms with Crippen LogP contribution in [0, 0.1) is 13.8 Å². The number of methoxy groups -OCH3 is 1. The van der Waals surface area contributed by atoms with Gasteiger partial charge in [0.15, 0.2) is 5.16 Å². The highest BCUT2D eigenvalue weighted by atomic mass is 32.2. The smallest absolute Gasteiger partial charge is 0.337 e. The quantitative estimate of drug-likeness (QED) is 0.542. The van der Waals surface area contributed by atoms with Gasteiger partial charge in [-0.1, -0.05) is 11.8 Å². The molecule has 0 fully saturated rings. The van der Waals surface area contributed by atoms with Crippen LogP contribution in [-0.4, -0.2) is 44.3 Å². The van der Waals surface area contributed by atoms with Crippen LogP contribution in [0.5, 0.6) is 0 Å². The molecule has 8 nitrogen and oxygen atoms in total. The largest absolute Gasteiger partial charge is 0.465 e. The molecule has 134 valence electrons. The summed E-state index contributed by atoms with van der Waals surface area (Å²) < 4.78 is 6.45. The lowest BCUT2D eigenvalue weighted by molar-refractivity contribution is -0.113. The van der Waals surface area contributed by atoms with E-state index in [2.05, 4.69) is 25.2 Å². The van der Waals surface area contributed by atoms with Crippen LogP contribution in [0.1, 0.15) is 21.7 Å². The molecule has 0 unspecified atom stereocenters. The van der Waals surface area contributed by atoms with Gasteiger partial charge in [-0.15, -0.1) is 10.2 Å². The molecule has 2 heterocycles. The second kappa shape index (κ2) is 7.52. The maximum Gasteiger partial charge on any atom is 0.337 e. The number of hydrogen-bond donors (Lipinski definition) is 1. The summed E-state index contributed by atoms with van der Waals surface area (Å²) in [6.45, 7) is 3.84. The van der Waals surface area contributed by atoms with Crippen LogP contribution < -0.4 is 5.32 Å². The lowest BCUT2D eigenvalue weighted by Crippen LogP contribution is -2.14. The molecule has 0 aliphatic heterocycles. The Morgan fingerprint density at radius 1 is 1.19 bits per heavy atom. The number of thioether (sulfide) groups is 1. The summed E-state index contributed by atoms with van der Waals surface area (Å²) >= 11 is 1.28. The van der Waals surface area contributed by atoms with Crippen molar-refractivity contribution in [1.29, 1.82) is 0 Å². The van der Waals surface area contributed by atoms with E-state index < -0.39 is 5.97 Å². The lowest BCUT2D eigenvalue weighted by Gasteiger charge is -2.06. The summed E-state index contributed by atoms with van der Waals surface area (Å²) in [7, 11) is 1.32. The predicted molar refractivity (Wildman–Crippen MR) is 97.4 cm³/mol. The number of amides is 1. The SMILES string of the molecule is COC(=O)c1ccc(NC(=O)CSc2nnc3nc(C)cc(C)n23)cc1. The summed E-state index contributed by atoms with van der Waals surface area (Å²) in [6, 6.07) is 8.43. The predicted octanol–water partition coefficient (Wildman–Crippen LogP) is 2.26. The topological polar surface area (TPSA) is 98.5 Å². The van der Waals surface area contributed by atoms with Gasteiger partial charge in [0.05, 0.1) is 18.4 Å². The van der Waals surface area contributed by atoms with Gasteiger partial charge in [0.2, 0.25) is 5.91 Å². The first kappa shape index (κ1) is 17.9. The molecule has 1 N–H and O–H groups in total. The van der Waals surface area contributed by atoms with Crippen molar-refractivity contribution >= 4 is 35.1 Å². The Balaban J connectivity index is 1.63. The number of aryl methyl sites for hydroxylation is 2. The Hall–Kier alpha value is -2.94. The average Bonchev–Trinajstić information content (AvgIpc) is 3.03. The van der Waals surface area contributed by atoms with Crippen molar-refractivity contribution in [2.24, 2.45) is 0 Å². The molecule has 0 radical (unpaired) electrons. The van der Waals surface area contributed by atoms with Gasteiger partial charge in [-0.25, -0.2) is 9.78 Å². The van der Waals surface area contributed by atoms with Crippen LogP contribution >= 0.6 is 11.8 Å². The molecule has 1 aromatic carbocycles. The zero-order chi connectivity index (χ0) is 18.7. The third-order valence-electron chi connectivity index (χ3n) is 3.59. The van der Waals surface area contributed by atoms with E-state index in [1.165, 1.54) is 18.9 Å². The third-order valence-corrected chi connectivity index (χ3v) is 4.51. The van der Waals surface area contributed by atoms with Crippen LogP contribution in [0.3, 0.4) is 0 Å². The van der Waals surface area contributed by atoms with E-state index in [1.54, 1.807) is 24.3 Å². The molecule has 3 aromatic rings. The second-order valence-corrected chi connectivity index (χ2v) is 6.51. The number of ether oxygens (including phenoxy) is 1. The van der Waals surface area contributed by atoms with Crippen LogP contribution in [-0.2, 0) is 9.53 Å². The monoisotopic (exact) mass is 371 g/mol. The number of nitrogens with one attached hydrogen (secondary N) is 1. The number of hydrogen-bond acceptors (Lipinski definition) is 7. The number of fused-ring (bicyclic) bond motifs is 1. The van der Waals surface area contributed by atoms with E-state index in [0.717, 1.165) is 11.4 Å². The van der Waals surface area contributed by atoms with Gasteiger partial charge in [0.25, 0.3) is 5.78 Å². The van der Waals surface area contributed by atoms with Gasteiger partial charge in [-0.05, 0) is 44.2 Å². The van der Waals surface area contributed by atoms with E-state index in [0.29, 0.717) is 22.2 Å². The van der Waals surface area contributed by atoms with E-state index in [-0.39, 0.29) is 11.7 Å². The maximum absolute atomic E-state index is 12.2. The molecule has 0 atom stereocenters. The normalized spacial score (nSPS) is 10.7. The molecule has 0 aliphatic rings. The molecule has 0 spiro atoms. The number of carbonyl (C=O) groups is 2. The van der Waals surface area contributed by atoms with Crippen molar-refractivity contribution in [3.63, 3.8) is 0 Å². The van der Waals surface area contributed by atoms with Gasteiger partial charge in [-0.2, -0.15) is 0 Å². The van der Waals surface area contributed by atoms with Crippen LogP contribution in [0.25, 0.3) is 5.78 Å². The molecule has 9 heteroatoms. The maximum atomic E-state index is 12.2. The van der Waals surface area contributed by atoms with E-state index in [9.17, 15) is 9.59 Å². The van der Waals surface area contributed by atoms with Gasteiger partial charge in [-0.3, -0.25) is 9.20 Å². The van der Waals surface area contributed by atoms with Crippen molar-refractivity contribution in [3.8, 4) is 0 Å². The Morgan fingerprint density at radius 3 is 2.62 bits per heavy atom. The molecule has 2 aromatic heterocycles. The Bertz CT molecular complexity index is 968. The Kier molecular flexibility index (Phi) is 5.17. The molecule has 0 aliphatic carbocycles. The molecule has 3 rings (SSSR count). The minimum Gasteiger partial charge on any atom is -0.465 e. The van der Waals surface area contributed by atoms with Crippen molar-refractivity contribution < 1.29 is 14.3 Å². The number of aromatic nitrogens is 4. The van der Waals surface area contributed by atoms with Crippen LogP contribution in [0.2, 0.25) is 0 Å². The highest BCUT2D eigenvalue weighted by molar-refractivity contribution is 7.99. The molecule has 26 heavy (non-hydrogen) atoms. The van der Waals surface area contributed by atoms with Crippen molar-refractivity contribution in [3.05, 3.63) is 47.3 Å². The first-order valence-electron chi connectivity index (χ1n) is 7.78. The number of carbonyl (C=O) groups excluding carboxylic acids is 2. The fourth-order valence-corrected chi connectivity index (χ4v) is 3.21. The minimum absolute atomic E-state index is 0.173. The van der Waals surface area contributed by atoms with Crippen molar-refractivity contribution in [1.82, 2.24) is 19.6 Å². The second-order valence-electron chi connectivity index (χ2n) is 5.56. The standard InChI is InChI=1S/C17H17N5O3S/c1-10-8-11(2)22-16(18-10)20-21-17(22)26-9-14(23)19-13-6-4-12(5-7-13)15(24)25-3/h4-8H,9H2,1-3H3,(H,19,23). The highest BCUT2D eigenvalue weighted by Gasteiger charge is 2.12. The number of esters is 1. The van der Waals surface area contributed by atoms with E-state index in [4.69, 9.17) is 0 Å². The summed E-state index contributed by atoms with van der Waals surface area (Å²) in [5.41, 5.74) is 2.85. The summed E-state index contributed by atoms with van der Waals surface area (Å²) in [5, 5.41) is 11.5. The molecule has 0 saturated carbocycles. The van der Waals surface area contributed by atoms with Crippen LogP contribution in [0.15, 0.2) is 35.5 Å². The van der Waals surface area contributed by atoms with Crippen LogP contribution in [0.4, 0.5) is 5.69 Å². The van der Waals surface area contributed by atoms with Gasteiger partial charge < -0.3 is 10.1 Å². The molecular formula is C17H17N5O3S. The van der Waals surface area contributed by atoms with Gasteiger partial charge in [0, 0.05) is 17.1 Å². The Morgan fingerprint density at radius 2 is 1.92 bits per heavy atom. The van der Waals surface area contributed by atoms with E-state index in [1.807, 2.05) is 24.3 Å². The lowest BCUT2D eigenvalue weighted by atomic mass is 10.2. The van der Waals surface area contributed by atoms with Gasteiger partial charge >= 0.3 is 5.97 Å². The molecule has 0 bridgehead atoms. The molecular weight excluding hydrogens is 354 g/mol. The molecule has 0 saturated heterocycles. The number of nitrogens with zero attached hydrogens (tertiary/aromatic N) is 4. The van der Waals surface area contributed by atoms with E-state index >= 15 is 0 Å².